The summed E-state index contributed by atoms with van der Waals surface area (Å²) < 4.78 is 0. The molecule has 0 radical (unpaired) electrons. The first kappa shape index (κ1) is 19.2. The molecule has 0 unspecified atom stereocenters. The van der Waals surface area contributed by atoms with Gasteiger partial charge >= 0.3 is 0 Å². The third kappa shape index (κ3) is 2.58. The van der Waals surface area contributed by atoms with Crippen LogP contribution in [0, 0.1) is 0 Å². The van der Waals surface area contributed by atoms with Crippen molar-refractivity contribution >= 4 is 30.5 Å². The molecule has 0 saturated carbocycles. The van der Waals surface area contributed by atoms with Crippen LogP contribution in [-0.4, -0.2) is 0 Å². The van der Waals surface area contributed by atoms with E-state index in [0.717, 1.165) is 0 Å². The van der Waals surface area contributed by atoms with Gasteiger partial charge in [-0.1, -0.05) is 135 Å². The van der Waals surface area contributed by atoms with Gasteiger partial charge < -0.3 is 0 Å². The van der Waals surface area contributed by atoms with Crippen LogP contribution in [0.1, 0.15) is 11.1 Å². The lowest BCUT2D eigenvalue weighted by Gasteiger charge is -2.15. The van der Waals surface area contributed by atoms with E-state index in [1.807, 2.05) is 0 Å². The smallest absolute Gasteiger partial charge is 0.0147 e. The molecule has 0 atom stereocenters. The Morgan fingerprint density at radius 3 is 1.34 bits per heavy atom. The topological polar surface area (TPSA) is 0 Å². The van der Waals surface area contributed by atoms with E-state index < -0.39 is 7.53 Å². The number of fused-ring (bicyclic) bond motifs is 3. The molecule has 35 heavy (non-hydrogen) atoms. The van der Waals surface area contributed by atoms with Gasteiger partial charge in [-0.05, 0) is 49.5 Å². The highest BCUT2D eigenvalue weighted by atomic mass is 31.1. The molecule has 0 fully saturated rings. The molecule has 0 N–H and O–H groups in total. The first-order valence-corrected chi connectivity index (χ1v) is 13.5. The predicted molar refractivity (Wildman–Crippen MR) is 152 cm³/mol. The Kier molecular flexibility index (Phi) is 3.95. The highest BCUT2D eigenvalue weighted by Gasteiger charge is 2.34. The highest BCUT2D eigenvalue weighted by molar-refractivity contribution is 7.64. The average Bonchev–Trinajstić information content (AvgIpc) is 3.59. The van der Waals surface area contributed by atoms with Crippen molar-refractivity contribution in [2.45, 2.75) is 0 Å². The molecule has 162 valence electrons. The molecular weight excluding hydrogens is 439 g/mol. The SMILES string of the molecule is C1=Cc2ccc3c4c(ccc1c24)-c1c-3c(-c2ccccc2)p(-c2ccccc2)c1-c1ccccc1. The highest BCUT2D eigenvalue weighted by Crippen LogP contribution is 2.69. The van der Waals surface area contributed by atoms with E-state index in [4.69, 9.17) is 0 Å². The Labute approximate surface area is 205 Å². The minimum atomic E-state index is -0.716. The summed E-state index contributed by atoms with van der Waals surface area (Å²) in [5.41, 5.74) is 11.0. The maximum absolute atomic E-state index is 2.37. The molecule has 2 aliphatic carbocycles. The van der Waals surface area contributed by atoms with Gasteiger partial charge in [-0.2, -0.15) is 0 Å². The molecule has 2 aliphatic rings. The Bertz CT molecular complexity index is 1690. The average molecular weight is 461 g/mol. The molecule has 5 aromatic carbocycles. The molecule has 0 aliphatic heterocycles. The van der Waals surface area contributed by atoms with E-state index in [9.17, 15) is 0 Å². The number of benzene rings is 5. The van der Waals surface area contributed by atoms with E-state index in [1.54, 1.807) is 0 Å². The van der Waals surface area contributed by atoms with Crippen LogP contribution in [0.4, 0.5) is 0 Å². The summed E-state index contributed by atoms with van der Waals surface area (Å²) in [6, 6.07) is 42.7. The zero-order valence-corrected chi connectivity index (χ0v) is 20.0. The molecule has 0 spiro atoms. The normalized spacial score (nSPS) is 12.5. The van der Waals surface area contributed by atoms with Gasteiger partial charge in [0.05, 0.1) is 0 Å². The van der Waals surface area contributed by atoms with Crippen molar-refractivity contribution in [2.75, 3.05) is 0 Å². The molecule has 0 saturated heterocycles. The standard InChI is InChI=1S/C34H21P/c1-4-10-24(11-5-1)33-31-27-20-18-22-16-17-23-19-21-28(30(27)29(22)23)32(31)34(25-12-6-2-7-13-25)35(33)26-14-8-3-9-15-26/h1-21H. The van der Waals surface area contributed by atoms with Crippen molar-refractivity contribution in [2.24, 2.45) is 0 Å². The van der Waals surface area contributed by atoms with Crippen LogP contribution in [0.5, 0.6) is 0 Å². The van der Waals surface area contributed by atoms with Crippen LogP contribution >= 0.6 is 7.53 Å². The lowest BCUT2D eigenvalue weighted by Crippen LogP contribution is -1.84. The molecule has 0 nitrogen and oxygen atoms in total. The van der Waals surface area contributed by atoms with Crippen molar-refractivity contribution in [1.29, 1.82) is 0 Å². The van der Waals surface area contributed by atoms with Gasteiger partial charge in [0.1, 0.15) is 0 Å². The van der Waals surface area contributed by atoms with E-state index >= 15 is 0 Å². The summed E-state index contributed by atoms with van der Waals surface area (Å²) in [5.74, 6) is 0. The minimum absolute atomic E-state index is 0.716. The molecule has 1 heterocycles. The van der Waals surface area contributed by atoms with Gasteiger partial charge in [-0.25, -0.2) is 0 Å². The van der Waals surface area contributed by atoms with Crippen LogP contribution in [0.15, 0.2) is 115 Å². The molecular formula is C34H21P. The summed E-state index contributed by atoms with van der Waals surface area (Å²) in [6.45, 7) is 0. The van der Waals surface area contributed by atoms with Gasteiger partial charge in [0, 0.05) is 21.7 Å². The zero-order chi connectivity index (χ0) is 22.9. The number of hydrogen-bond donors (Lipinski definition) is 0. The first-order chi connectivity index (χ1) is 17.4. The molecule has 8 rings (SSSR count). The van der Waals surface area contributed by atoms with Crippen LogP contribution < -0.4 is 0 Å². The second-order valence-electron chi connectivity index (χ2n) is 9.34. The summed E-state index contributed by atoms with van der Waals surface area (Å²) in [6.07, 6.45) is 4.53. The van der Waals surface area contributed by atoms with Crippen molar-refractivity contribution in [3.63, 3.8) is 0 Å². The fourth-order valence-electron chi connectivity index (χ4n) is 6.09. The molecule has 0 bridgehead atoms. The first-order valence-electron chi connectivity index (χ1n) is 12.1. The summed E-state index contributed by atoms with van der Waals surface area (Å²) in [4.78, 5) is 0. The van der Waals surface area contributed by atoms with E-state index in [-0.39, 0.29) is 0 Å². The Morgan fingerprint density at radius 2 is 0.857 bits per heavy atom. The van der Waals surface area contributed by atoms with Crippen molar-refractivity contribution in [3.05, 3.63) is 126 Å². The van der Waals surface area contributed by atoms with Crippen LogP contribution in [0.3, 0.4) is 0 Å². The van der Waals surface area contributed by atoms with Crippen molar-refractivity contribution in [1.82, 2.24) is 0 Å². The largest absolute Gasteiger partial charge is 0.0760 e. The van der Waals surface area contributed by atoms with Crippen molar-refractivity contribution < 1.29 is 0 Å². The van der Waals surface area contributed by atoms with Gasteiger partial charge in [0.25, 0.3) is 0 Å². The van der Waals surface area contributed by atoms with Crippen LogP contribution in [0.2, 0.25) is 0 Å². The fourth-order valence-corrected chi connectivity index (χ4v) is 9.03. The Hall–Kier alpha value is -4.12. The van der Waals surface area contributed by atoms with Crippen LogP contribution in [0.25, 0.3) is 72.2 Å². The zero-order valence-electron chi connectivity index (χ0n) is 19.1. The maximum Gasteiger partial charge on any atom is 0.0147 e. The van der Waals surface area contributed by atoms with E-state index in [1.165, 1.54) is 71.2 Å². The minimum Gasteiger partial charge on any atom is -0.0760 e. The quantitative estimate of drug-likeness (QED) is 0.246. The summed E-state index contributed by atoms with van der Waals surface area (Å²) in [5, 5.41) is 7.23. The van der Waals surface area contributed by atoms with E-state index in [0.29, 0.717) is 0 Å². The van der Waals surface area contributed by atoms with Gasteiger partial charge in [0.2, 0.25) is 0 Å². The maximum atomic E-state index is 2.37. The monoisotopic (exact) mass is 460 g/mol. The van der Waals surface area contributed by atoms with Gasteiger partial charge in [-0.15, -0.1) is 0 Å². The third-order valence-corrected chi connectivity index (χ3v) is 10.2. The third-order valence-electron chi connectivity index (χ3n) is 7.49. The second-order valence-corrected chi connectivity index (χ2v) is 11.4. The van der Waals surface area contributed by atoms with Crippen molar-refractivity contribution in [3.8, 4) is 49.3 Å². The second kappa shape index (κ2) is 7.19. The summed E-state index contributed by atoms with van der Waals surface area (Å²) in [7, 11) is -0.716. The predicted octanol–water partition coefficient (Wildman–Crippen LogP) is 10.3. The number of rotatable bonds is 3. The Morgan fingerprint density at radius 1 is 0.400 bits per heavy atom. The number of hydrogen-bond acceptors (Lipinski definition) is 0. The molecule has 6 aromatic rings. The lowest BCUT2D eigenvalue weighted by molar-refractivity contribution is 1.69. The lowest BCUT2D eigenvalue weighted by atomic mass is 9.97. The van der Waals surface area contributed by atoms with Gasteiger partial charge in [-0.3, -0.25) is 0 Å². The fraction of sp³-hybridized carbons (Fsp3) is 0. The molecule has 1 aromatic heterocycles. The van der Waals surface area contributed by atoms with E-state index in [2.05, 4.69) is 127 Å². The molecule has 1 heteroatoms. The van der Waals surface area contributed by atoms with Crippen LogP contribution in [-0.2, 0) is 0 Å². The Balaban J connectivity index is 1.60. The van der Waals surface area contributed by atoms with Gasteiger partial charge in [0.15, 0.2) is 0 Å². The molecule has 0 amide bonds. The summed E-state index contributed by atoms with van der Waals surface area (Å²) >= 11 is 0.